The first-order valence-corrected chi connectivity index (χ1v) is 7.08. The van der Waals surface area contributed by atoms with E-state index in [2.05, 4.69) is 66.7 Å². The molecule has 0 bridgehead atoms. The molecular formula is C18H19N3. The molecule has 3 aromatic rings. The topological polar surface area (TPSA) is 50.9 Å². The Kier molecular flexibility index (Phi) is 3.59. The highest BCUT2D eigenvalue weighted by Crippen LogP contribution is 2.23. The molecule has 0 aliphatic rings. The summed E-state index contributed by atoms with van der Waals surface area (Å²) in [4.78, 5) is 4.61. The van der Waals surface area contributed by atoms with E-state index in [-0.39, 0.29) is 0 Å². The SMILES string of the molecule is Cc1ccc(Cc2cc3cc(C)ccc3nc2NN)cc1. The fourth-order valence-corrected chi connectivity index (χ4v) is 2.53. The molecule has 0 saturated carbocycles. The summed E-state index contributed by atoms with van der Waals surface area (Å²) in [5.74, 6) is 6.38. The Balaban J connectivity index is 2.05. The fraction of sp³-hybridized carbons (Fsp3) is 0.167. The lowest BCUT2D eigenvalue weighted by Crippen LogP contribution is -2.11. The first kappa shape index (κ1) is 13.6. The van der Waals surface area contributed by atoms with Gasteiger partial charge in [-0.3, -0.25) is 0 Å². The molecule has 0 amide bonds. The summed E-state index contributed by atoms with van der Waals surface area (Å²) in [6.45, 7) is 4.19. The predicted octanol–water partition coefficient (Wildman–Crippen LogP) is 3.73. The van der Waals surface area contributed by atoms with Gasteiger partial charge in [0.15, 0.2) is 0 Å². The summed E-state index contributed by atoms with van der Waals surface area (Å²) < 4.78 is 0. The summed E-state index contributed by atoms with van der Waals surface area (Å²) in [5.41, 5.74) is 8.55. The molecule has 0 aliphatic heterocycles. The molecule has 3 rings (SSSR count). The second-order valence-corrected chi connectivity index (χ2v) is 5.50. The van der Waals surface area contributed by atoms with Crippen LogP contribution in [0, 0.1) is 13.8 Å². The first-order valence-electron chi connectivity index (χ1n) is 7.08. The number of nitrogens with zero attached hydrogens (tertiary/aromatic N) is 1. The number of pyridine rings is 1. The van der Waals surface area contributed by atoms with E-state index in [1.165, 1.54) is 16.7 Å². The van der Waals surface area contributed by atoms with Crippen LogP contribution in [0.25, 0.3) is 10.9 Å². The van der Waals surface area contributed by atoms with Crippen molar-refractivity contribution >= 4 is 16.7 Å². The molecule has 3 nitrogen and oxygen atoms in total. The number of nitrogens with one attached hydrogen (secondary N) is 1. The first-order chi connectivity index (χ1) is 10.2. The van der Waals surface area contributed by atoms with E-state index < -0.39 is 0 Å². The number of benzene rings is 2. The molecule has 0 atom stereocenters. The zero-order valence-electron chi connectivity index (χ0n) is 12.4. The summed E-state index contributed by atoms with van der Waals surface area (Å²) in [6.07, 6.45) is 0.816. The summed E-state index contributed by atoms with van der Waals surface area (Å²) in [7, 11) is 0. The van der Waals surface area contributed by atoms with Crippen LogP contribution in [-0.2, 0) is 6.42 Å². The highest BCUT2D eigenvalue weighted by Gasteiger charge is 2.07. The molecule has 2 aromatic carbocycles. The monoisotopic (exact) mass is 277 g/mol. The summed E-state index contributed by atoms with van der Waals surface area (Å²) >= 11 is 0. The zero-order chi connectivity index (χ0) is 14.8. The van der Waals surface area contributed by atoms with Crippen molar-refractivity contribution in [3.63, 3.8) is 0 Å². The summed E-state index contributed by atoms with van der Waals surface area (Å²) in [6, 6.07) is 17.0. The maximum atomic E-state index is 5.64. The van der Waals surface area contributed by atoms with Gasteiger partial charge in [0.2, 0.25) is 0 Å². The molecule has 0 aliphatic carbocycles. The Bertz CT molecular complexity index is 776. The van der Waals surface area contributed by atoms with E-state index in [4.69, 9.17) is 5.84 Å². The third-order valence-electron chi connectivity index (χ3n) is 3.70. The Hall–Kier alpha value is -2.39. The molecule has 0 saturated heterocycles. The Labute approximate surface area is 124 Å². The maximum Gasteiger partial charge on any atom is 0.144 e. The number of fused-ring (bicyclic) bond motifs is 1. The lowest BCUT2D eigenvalue weighted by molar-refractivity contribution is 1.14. The minimum Gasteiger partial charge on any atom is -0.308 e. The molecule has 0 radical (unpaired) electrons. The standard InChI is InChI=1S/C18H19N3/c1-12-3-6-14(7-4-12)10-16-11-15-9-13(2)5-8-17(15)20-18(16)21-19/h3-9,11H,10,19H2,1-2H3,(H,20,21). The van der Waals surface area contributed by atoms with E-state index >= 15 is 0 Å². The van der Waals surface area contributed by atoms with Gasteiger partial charge in [0, 0.05) is 17.4 Å². The predicted molar refractivity (Wildman–Crippen MR) is 88.3 cm³/mol. The van der Waals surface area contributed by atoms with Crippen molar-refractivity contribution in [3.05, 3.63) is 70.8 Å². The van der Waals surface area contributed by atoms with Gasteiger partial charge in [0.25, 0.3) is 0 Å². The van der Waals surface area contributed by atoms with E-state index in [0.717, 1.165) is 28.7 Å². The number of aromatic nitrogens is 1. The Morgan fingerprint density at radius 3 is 2.38 bits per heavy atom. The van der Waals surface area contributed by atoms with Crippen molar-refractivity contribution in [1.82, 2.24) is 4.98 Å². The van der Waals surface area contributed by atoms with Gasteiger partial charge in [0.1, 0.15) is 5.82 Å². The minimum absolute atomic E-state index is 0.743. The average Bonchev–Trinajstić information content (AvgIpc) is 2.49. The lowest BCUT2D eigenvalue weighted by Gasteiger charge is -2.11. The van der Waals surface area contributed by atoms with Crippen molar-refractivity contribution < 1.29 is 0 Å². The normalized spacial score (nSPS) is 10.8. The number of hydrogen-bond acceptors (Lipinski definition) is 3. The van der Waals surface area contributed by atoms with Crippen LogP contribution in [0.2, 0.25) is 0 Å². The Morgan fingerprint density at radius 2 is 1.67 bits per heavy atom. The molecule has 106 valence electrons. The van der Waals surface area contributed by atoms with Gasteiger partial charge in [-0.2, -0.15) is 0 Å². The molecule has 3 N–H and O–H groups in total. The van der Waals surface area contributed by atoms with Gasteiger partial charge in [-0.15, -0.1) is 0 Å². The van der Waals surface area contributed by atoms with Crippen LogP contribution in [0.3, 0.4) is 0 Å². The van der Waals surface area contributed by atoms with Crippen LogP contribution >= 0.6 is 0 Å². The molecule has 0 fully saturated rings. The molecule has 1 heterocycles. The van der Waals surface area contributed by atoms with Crippen molar-refractivity contribution in [2.75, 3.05) is 5.43 Å². The van der Waals surface area contributed by atoms with Crippen LogP contribution in [-0.4, -0.2) is 4.98 Å². The van der Waals surface area contributed by atoms with Crippen molar-refractivity contribution in [2.45, 2.75) is 20.3 Å². The van der Waals surface area contributed by atoms with E-state index in [1.807, 2.05) is 6.07 Å². The highest BCUT2D eigenvalue weighted by molar-refractivity contribution is 5.82. The van der Waals surface area contributed by atoms with Crippen molar-refractivity contribution in [1.29, 1.82) is 0 Å². The van der Waals surface area contributed by atoms with Gasteiger partial charge >= 0.3 is 0 Å². The van der Waals surface area contributed by atoms with Crippen LogP contribution in [0.15, 0.2) is 48.5 Å². The second-order valence-electron chi connectivity index (χ2n) is 5.50. The van der Waals surface area contributed by atoms with Gasteiger partial charge in [-0.05, 0) is 37.6 Å². The molecule has 0 unspecified atom stereocenters. The van der Waals surface area contributed by atoms with Crippen LogP contribution < -0.4 is 11.3 Å². The number of rotatable bonds is 3. The Morgan fingerprint density at radius 1 is 0.952 bits per heavy atom. The lowest BCUT2D eigenvalue weighted by atomic mass is 10.0. The molecule has 0 spiro atoms. The van der Waals surface area contributed by atoms with Crippen LogP contribution in [0.5, 0.6) is 0 Å². The molecule has 1 aromatic heterocycles. The fourth-order valence-electron chi connectivity index (χ4n) is 2.53. The number of hydrogen-bond donors (Lipinski definition) is 2. The number of nitrogens with two attached hydrogens (primary N) is 1. The van der Waals surface area contributed by atoms with Gasteiger partial charge in [-0.1, -0.05) is 41.5 Å². The van der Waals surface area contributed by atoms with Gasteiger partial charge in [-0.25, -0.2) is 10.8 Å². The summed E-state index contributed by atoms with van der Waals surface area (Å²) in [5, 5.41) is 1.15. The number of nitrogen functional groups attached to an aromatic ring is 1. The highest BCUT2D eigenvalue weighted by atomic mass is 15.2. The number of hydrazine groups is 1. The smallest absolute Gasteiger partial charge is 0.144 e. The third kappa shape index (κ3) is 2.88. The molecule has 3 heteroatoms. The largest absolute Gasteiger partial charge is 0.308 e. The molecule has 21 heavy (non-hydrogen) atoms. The number of anilines is 1. The quantitative estimate of drug-likeness (QED) is 0.566. The van der Waals surface area contributed by atoms with E-state index in [0.29, 0.717) is 0 Å². The second kappa shape index (κ2) is 5.54. The van der Waals surface area contributed by atoms with E-state index in [9.17, 15) is 0 Å². The van der Waals surface area contributed by atoms with Crippen molar-refractivity contribution in [3.8, 4) is 0 Å². The third-order valence-corrected chi connectivity index (χ3v) is 3.70. The zero-order valence-corrected chi connectivity index (χ0v) is 12.4. The van der Waals surface area contributed by atoms with Crippen LogP contribution in [0.1, 0.15) is 22.3 Å². The minimum atomic E-state index is 0.743. The van der Waals surface area contributed by atoms with Crippen LogP contribution in [0.4, 0.5) is 5.82 Å². The molecular weight excluding hydrogens is 258 g/mol. The maximum absolute atomic E-state index is 5.64. The van der Waals surface area contributed by atoms with Gasteiger partial charge in [0.05, 0.1) is 5.52 Å². The average molecular weight is 277 g/mol. The van der Waals surface area contributed by atoms with Gasteiger partial charge < -0.3 is 5.43 Å². The van der Waals surface area contributed by atoms with E-state index in [1.54, 1.807) is 0 Å². The number of aryl methyl sites for hydroxylation is 2. The van der Waals surface area contributed by atoms with Crippen molar-refractivity contribution in [2.24, 2.45) is 5.84 Å².